The molecule has 2 aromatic heterocycles. The molecule has 5 nitrogen and oxygen atoms in total. The lowest BCUT2D eigenvalue weighted by molar-refractivity contribution is 0.541. The summed E-state index contributed by atoms with van der Waals surface area (Å²) >= 11 is 0. The summed E-state index contributed by atoms with van der Waals surface area (Å²) in [5, 5.41) is 13.5. The van der Waals surface area contributed by atoms with Gasteiger partial charge in [-0.25, -0.2) is 0 Å². The minimum atomic E-state index is 0.00592. The van der Waals surface area contributed by atoms with Crippen molar-refractivity contribution in [1.29, 1.82) is 5.26 Å². The van der Waals surface area contributed by atoms with Crippen molar-refractivity contribution in [3.63, 3.8) is 0 Å². The Balaban J connectivity index is 2.17. The van der Waals surface area contributed by atoms with Gasteiger partial charge in [0.1, 0.15) is 6.54 Å². The molecule has 5 heteroatoms. The maximum Gasteiger partial charge on any atom is 0.128 e. The Kier molecular flexibility index (Phi) is 3.02. The number of rotatable bonds is 2. The molecule has 1 aliphatic rings. The zero-order valence-corrected chi connectivity index (χ0v) is 10.6. The van der Waals surface area contributed by atoms with E-state index in [1.165, 1.54) is 0 Å². The van der Waals surface area contributed by atoms with Crippen LogP contribution in [0.2, 0.25) is 0 Å². The fourth-order valence-corrected chi connectivity index (χ4v) is 2.71. The summed E-state index contributed by atoms with van der Waals surface area (Å²) in [6, 6.07) is 6.03. The number of nitriles is 1. The molecule has 2 aromatic rings. The van der Waals surface area contributed by atoms with E-state index < -0.39 is 0 Å². The van der Waals surface area contributed by atoms with Gasteiger partial charge in [0.25, 0.3) is 0 Å². The van der Waals surface area contributed by atoms with E-state index in [0.717, 1.165) is 41.8 Å². The van der Waals surface area contributed by atoms with Crippen LogP contribution in [0.15, 0.2) is 24.5 Å². The molecule has 2 heterocycles. The van der Waals surface area contributed by atoms with Crippen molar-refractivity contribution >= 4 is 0 Å². The van der Waals surface area contributed by atoms with Crippen LogP contribution in [0.1, 0.15) is 30.1 Å². The first-order valence-electron chi connectivity index (χ1n) is 6.43. The van der Waals surface area contributed by atoms with Crippen LogP contribution in [0, 0.1) is 11.3 Å². The van der Waals surface area contributed by atoms with Crippen molar-refractivity contribution in [2.24, 2.45) is 5.73 Å². The number of nitrogens with zero attached hydrogens (tertiary/aromatic N) is 4. The van der Waals surface area contributed by atoms with Gasteiger partial charge in [0, 0.05) is 35.3 Å². The van der Waals surface area contributed by atoms with Gasteiger partial charge in [-0.15, -0.1) is 0 Å². The highest BCUT2D eigenvalue weighted by Crippen LogP contribution is 2.35. The third-order valence-corrected chi connectivity index (χ3v) is 3.55. The molecular weight excluding hydrogens is 238 g/mol. The van der Waals surface area contributed by atoms with E-state index in [4.69, 9.17) is 11.0 Å². The quantitative estimate of drug-likeness (QED) is 0.885. The van der Waals surface area contributed by atoms with Crippen molar-refractivity contribution < 1.29 is 0 Å². The largest absolute Gasteiger partial charge is 0.324 e. The second kappa shape index (κ2) is 4.82. The Morgan fingerprint density at radius 2 is 2.42 bits per heavy atom. The molecule has 19 heavy (non-hydrogen) atoms. The molecule has 3 rings (SSSR count). The molecule has 0 amide bonds. The van der Waals surface area contributed by atoms with Gasteiger partial charge in [0.05, 0.1) is 11.8 Å². The standard InChI is InChI=1S/C14H15N5/c15-6-8-19-12-5-1-4-11(16)13(12)14(18-19)10-3-2-7-17-9-10/h2-3,7,9,11H,1,4-5,8,16H2. The highest BCUT2D eigenvalue weighted by atomic mass is 15.3. The Bertz CT molecular complexity index is 623. The molecule has 0 saturated heterocycles. The summed E-state index contributed by atoms with van der Waals surface area (Å²) in [6.45, 7) is 0.273. The molecule has 0 aromatic carbocycles. The molecule has 0 fully saturated rings. The van der Waals surface area contributed by atoms with Gasteiger partial charge in [-0.05, 0) is 31.4 Å². The van der Waals surface area contributed by atoms with Crippen molar-refractivity contribution in [2.75, 3.05) is 0 Å². The van der Waals surface area contributed by atoms with Crippen LogP contribution in [-0.4, -0.2) is 14.8 Å². The maximum atomic E-state index is 8.91. The molecule has 0 aliphatic heterocycles. The first kappa shape index (κ1) is 11.9. The summed E-state index contributed by atoms with van der Waals surface area (Å²) in [7, 11) is 0. The van der Waals surface area contributed by atoms with E-state index in [-0.39, 0.29) is 12.6 Å². The maximum absolute atomic E-state index is 8.91. The number of hydrogen-bond donors (Lipinski definition) is 1. The lowest BCUT2D eigenvalue weighted by atomic mass is 9.90. The molecule has 0 radical (unpaired) electrons. The number of aromatic nitrogens is 3. The SMILES string of the molecule is N#CCn1nc(-c2cccnc2)c2c1CCCC2N. The summed E-state index contributed by atoms with van der Waals surface area (Å²) < 4.78 is 1.79. The van der Waals surface area contributed by atoms with Crippen molar-refractivity contribution in [1.82, 2.24) is 14.8 Å². The molecule has 0 saturated carbocycles. The Hall–Kier alpha value is -2.19. The highest BCUT2D eigenvalue weighted by molar-refractivity contribution is 5.64. The summed E-state index contributed by atoms with van der Waals surface area (Å²) in [5.74, 6) is 0. The number of fused-ring (bicyclic) bond motifs is 1. The summed E-state index contributed by atoms with van der Waals surface area (Å²) in [5.41, 5.74) is 10.3. The van der Waals surface area contributed by atoms with E-state index in [9.17, 15) is 0 Å². The van der Waals surface area contributed by atoms with Gasteiger partial charge >= 0.3 is 0 Å². The second-order valence-electron chi connectivity index (χ2n) is 4.77. The van der Waals surface area contributed by atoms with Crippen LogP contribution in [0.5, 0.6) is 0 Å². The van der Waals surface area contributed by atoms with E-state index in [2.05, 4.69) is 16.2 Å². The molecule has 1 unspecified atom stereocenters. The molecule has 1 aliphatic carbocycles. The minimum Gasteiger partial charge on any atom is -0.324 e. The fourth-order valence-electron chi connectivity index (χ4n) is 2.71. The lowest BCUT2D eigenvalue weighted by Gasteiger charge is -2.20. The van der Waals surface area contributed by atoms with Crippen LogP contribution >= 0.6 is 0 Å². The third kappa shape index (κ3) is 2.00. The van der Waals surface area contributed by atoms with E-state index in [1.54, 1.807) is 17.1 Å². The zero-order valence-electron chi connectivity index (χ0n) is 10.6. The van der Waals surface area contributed by atoms with Gasteiger partial charge in [-0.1, -0.05) is 0 Å². The average Bonchev–Trinajstić information content (AvgIpc) is 2.81. The smallest absolute Gasteiger partial charge is 0.128 e. The summed E-state index contributed by atoms with van der Waals surface area (Å²) in [6.07, 6.45) is 6.50. The predicted molar refractivity (Wildman–Crippen MR) is 70.9 cm³/mol. The molecule has 96 valence electrons. The average molecular weight is 253 g/mol. The third-order valence-electron chi connectivity index (χ3n) is 3.55. The van der Waals surface area contributed by atoms with Gasteiger partial charge in [0.2, 0.25) is 0 Å². The van der Waals surface area contributed by atoms with Crippen LogP contribution < -0.4 is 5.73 Å². The summed E-state index contributed by atoms with van der Waals surface area (Å²) in [4.78, 5) is 4.14. The first-order valence-corrected chi connectivity index (χ1v) is 6.43. The number of nitrogens with two attached hydrogens (primary N) is 1. The molecule has 0 spiro atoms. The van der Waals surface area contributed by atoms with Crippen molar-refractivity contribution in [2.45, 2.75) is 31.8 Å². The van der Waals surface area contributed by atoms with Gasteiger partial charge < -0.3 is 5.73 Å². The van der Waals surface area contributed by atoms with Crippen LogP contribution in [-0.2, 0) is 13.0 Å². The fraction of sp³-hybridized carbons (Fsp3) is 0.357. The number of pyridine rings is 1. The van der Waals surface area contributed by atoms with Crippen LogP contribution in [0.3, 0.4) is 0 Å². The molecular formula is C14H15N5. The zero-order chi connectivity index (χ0) is 13.2. The normalized spacial score (nSPS) is 17.8. The Labute approximate surface area is 111 Å². The topological polar surface area (TPSA) is 80.5 Å². The van der Waals surface area contributed by atoms with Crippen LogP contribution in [0.25, 0.3) is 11.3 Å². The molecule has 0 bridgehead atoms. The van der Waals surface area contributed by atoms with Gasteiger partial charge in [-0.2, -0.15) is 10.4 Å². The van der Waals surface area contributed by atoms with E-state index in [1.807, 2.05) is 12.1 Å². The minimum absolute atomic E-state index is 0.00592. The predicted octanol–water partition coefficient (Wildman–Crippen LogP) is 1.80. The van der Waals surface area contributed by atoms with Crippen LogP contribution in [0.4, 0.5) is 0 Å². The second-order valence-corrected chi connectivity index (χ2v) is 4.77. The van der Waals surface area contributed by atoms with Crippen molar-refractivity contribution in [3.05, 3.63) is 35.8 Å². The van der Waals surface area contributed by atoms with Gasteiger partial charge in [0.15, 0.2) is 0 Å². The Morgan fingerprint density at radius 1 is 1.53 bits per heavy atom. The lowest BCUT2D eigenvalue weighted by Crippen LogP contribution is -2.18. The first-order chi connectivity index (χ1) is 9.31. The monoisotopic (exact) mass is 253 g/mol. The molecule has 1 atom stereocenters. The van der Waals surface area contributed by atoms with Gasteiger partial charge in [-0.3, -0.25) is 9.67 Å². The highest BCUT2D eigenvalue weighted by Gasteiger charge is 2.26. The number of hydrogen-bond acceptors (Lipinski definition) is 4. The van der Waals surface area contributed by atoms with E-state index in [0.29, 0.717) is 0 Å². The van der Waals surface area contributed by atoms with Crippen molar-refractivity contribution in [3.8, 4) is 17.3 Å². The van der Waals surface area contributed by atoms with E-state index >= 15 is 0 Å². The Morgan fingerprint density at radius 3 is 3.16 bits per heavy atom. The molecule has 2 N–H and O–H groups in total.